The van der Waals surface area contributed by atoms with Crippen LogP contribution >= 0.6 is 0 Å². The Hall–Kier alpha value is -1.04. The fraction of sp³-hybridized carbons (Fsp3) is 0.846. The highest BCUT2D eigenvalue weighted by atomic mass is 28.3. The molecule has 0 aliphatic carbocycles. The second-order valence-corrected chi connectivity index (χ2v) is 11.8. The van der Waals surface area contributed by atoms with Crippen molar-refractivity contribution in [1.82, 2.24) is 5.32 Å². The van der Waals surface area contributed by atoms with Crippen LogP contribution in [0.3, 0.4) is 0 Å². The van der Waals surface area contributed by atoms with Crippen LogP contribution in [0.1, 0.15) is 27.2 Å². The summed E-state index contributed by atoms with van der Waals surface area (Å²) in [6.45, 7) is 12.2. The van der Waals surface area contributed by atoms with Gasteiger partial charge in [-0.3, -0.25) is 0 Å². The van der Waals surface area contributed by atoms with Gasteiger partial charge in [-0.15, -0.1) is 0 Å². The molecule has 19 heavy (non-hydrogen) atoms. The van der Waals surface area contributed by atoms with Gasteiger partial charge in [0.15, 0.2) is 0 Å². The summed E-state index contributed by atoms with van der Waals surface area (Å²) < 4.78 is 10.0. The van der Waals surface area contributed by atoms with E-state index in [4.69, 9.17) is 4.74 Å². The maximum atomic E-state index is 11.8. The molecular weight excluding hydrogens is 262 g/mol. The van der Waals surface area contributed by atoms with Gasteiger partial charge in [-0.1, -0.05) is 33.5 Å². The number of ether oxygens (including phenoxy) is 2. The minimum absolute atomic E-state index is 0.107. The molecule has 5 nitrogen and oxygen atoms in total. The van der Waals surface area contributed by atoms with E-state index in [0.717, 1.165) is 0 Å². The fourth-order valence-electron chi connectivity index (χ4n) is 1.34. The molecule has 0 fully saturated rings. The van der Waals surface area contributed by atoms with Crippen LogP contribution in [0.5, 0.6) is 0 Å². The molecule has 1 N–H and O–H groups in total. The van der Waals surface area contributed by atoms with E-state index in [-0.39, 0.29) is 11.6 Å². The van der Waals surface area contributed by atoms with Gasteiger partial charge < -0.3 is 14.8 Å². The van der Waals surface area contributed by atoms with Crippen LogP contribution in [0.15, 0.2) is 0 Å². The van der Waals surface area contributed by atoms with Crippen LogP contribution in [0.4, 0.5) is 4.79 Å². The van der Waals surface area contributed by atoms with E-state index in [9.17, 15) is 9.59 Å². The molecule has 0 aromatic heterocycles. The predicted molar refractivity (Wildman–Crippen MR) is 77.7 cm³/mol. The van der Waals surface area contributed by atoms with E-state index in [2.05, 4.69) is 29.7 Å². The second kappa shape index (κ2) is 7.52. The van der Waals surface area contributed by atoms with Gasteiger partial charge in [0, 0.05) is 0 Å². The monoisotopic (exact) mass is 289 g/mol. The fourth-order valence-corrected chi connectivity index (χ4v) is 1.80. The highest BCUT2D eigenvalue weighted by Crippen LogP contribution is 2.12. The number of hydrogen-bond acceptors (Lipinski definition) is 4. The normalized spacial score (nSPS) is 14.7. The zero-order valence-electron chi connectivity index (χ0n) is 13.1. The number of rotatable bonds is 6. The number of hydrogen-bond donors (Lipinski definition) is 1. The van der Waals surface area contributed by atoms with Gasteiger partial charge in [0.05, 0.1) is 20.9 Å². The molecular formula is C13H27NO4Si. The molecule has 6 heteroatoms. The Morgan fingerprint density at radius 2 is 1.68 bits per heavy atom. The van der Waals surface area contributed by atoms with Crippen LogP contribution in [0, 0.1) is 5.92 Å². The average Bonchev–Trinajstić information content (AvgIpc) is 2.24. The minimum atomic E-state index is -1.54. The Morgan fingerprint density at radius 3 is 2.05 bits per heavy atom. The van der Waals surface area contributed by atoms with E-state index in [1.165, 1.54) is 7.11 Å². The van der Waals surface area contributed by atoms with Gasteiger partial charge in [0.25, 0.3) is 0 Å². The van der Waals surface area contributed by atoms with Crippen molar-refractivity contribution >= 4 is 20.1 Å². The molecule has 0 radical (unpaired) electrons. The van der Waals surface area contributed by atoms with Crippen LogP contribution < -0.4 is 5.32 Å². The van der Waals surface area contributed by atoms with Crippen molar-refractivity contribution in [3.05, 3.63) is 0 Å². The van der Waals surface area contributed by atoms with E-state index < -0.39 is 26.2 Å². The lowest BCUT2D eigenvalue weighted by atomic mass is 10.0. The summed E-state index contributed by atoms with van der Waals surface area (Å²) in [5.74, 6) is -0.162. The molecule has 0 bridgehead atoms. The van der Waals surface area contributed by atoms with E-state index in [1.54, 1.807) is 0 Å². The molecule has 0 rings (SSSR count). The SMILES string of the molecule is COC(=O)[C@H](CC(C)C)NC(=O)OC(C)[Si](C)(C)C. The van der Waals surface area contributed by atoms with Crippen molar-refractivity contribution < 1.29 is 19.1 Å². The molecule has 0 aliphatic heterocycles. The molecule has 0 aromatic rings. The average molecular weight is 289 g/mol. The van der Waals surface area contributed by atoms with Gasteiger partial charge in [0.2, 0.25) is 0 Å². The maximum Gasteiger partial charge on any atom is 0.407 e. The maximum absolute atomic E-state index is 11.8. The largest absolute Gasteiger partial charge is 0.467 e. The summed E-state index contributed by atoms with van der Waals surface area (Å²) in [5, 5.41) is 2.59. The van der Waals surface area contributed by atoms with Gasteiger partial charge in [-0.05, 0) is 19.3 Å². The minimum Gasteiger partial charge on any atom is -0.467 e. The summed E-state index contributed by atoms with van der Waals surface area (Å²) >= 11 is 0. The van der Waals surface area contributed by atoms with Crippen LogP contribution in [0.25, 0.3) is 0 Å². The van der Waals surface area contributed by atoms with Crippen LogP contribution in [-0.4, -0.2) is 39.0 Å². The summed E-state index contributed by atoms with van der Waals surface area (Å²) in [6, 6.07) is -0.647. The zero-order chi connectivity index (χ0) is 15.2. The first kappa shape index (κ1) is 18.0. The van der Waals surface area contributed by atoms with Gasteiger partial charge in [-0.25, -0.2) is 9.59 Å². The van der Waals surface area contributed by atoms with Crippen molar-refractivity contribution in [2.24, 2.45) is 5.92 Å². The molecule has 1 amide bonds. The van der Waals surface area contributed by atoms with Crippen molar-refractivity contribution in [3.8, 4) is 0 Å². The number of carbonyl (C=O) groups excluding carboxylic acids is 2. The standard InChI is InChI=1S/C13H27NO4Si/c1-9(2)8-11(12(15)17-4)14-13(16)18-10(3)19(5,6)7/h9-11H,8H2,1-7H3,(H,14,16)/t10?,11-/m0/s1. The smallest absolute Gasteiger partial charge is 0.407 e. The number of nitrogens with one attached hydrogen (secondary N) is 1. The van der Waals surface area contributed by atoms with Crippen molar-refractivity contribution in [2.75, 3.05) is 7.11 Å². The van der Waals surface area contributed by atoms with Crippen LogP contribution in [-0.2, 0) is 14.3 Å². The van der Waals surface area contributed by atoms with Gasteiger partial charge in [0.1, 0.15) is 6.04 Å². The second-order valence-electron chi connectivity index (χ2n) is 6.26. The predicted octanol–water partition coefficient (Wildman–Crippen LogP) is 2.57. The van der Waals surface area contributed by atoms with E-state index >= 15 is 0 Å². The summed E-state index contributed by atoms with van der Waals surface area (Å²) in [4.78, 5) is 23.4. The van der Waals surface area contributed by atoms with E-state index in [0.29, 0.717) is 6.42 Å². The highest BCUT2D eigenvalue weighted by molar-refractivity contribution is 6.77. The molecule has 0 spiro atoms. The lowest BCUT2D eigenvalue weighted by molar-refractivity contribution is -0.143. The lowest BCUT2D eigenvalue weighted by Crippen LogP contribution is -2.47. The number of esters is 1. The first-order valence-electron chi connectivity index (χ1n) is 6.63. The molecule has 0 aromatic carbocycles. The summed E-state index contributed by atoms with van der Waals surface area (Å²) in [5.41, 5.74) is -0.107. The third-order valence-corrected chi connectivity index (χ3v) is 5.55. The Morgan fingerprint density at radius 1 is 1.16 bits per heavy atom. The van der Waals surface area contributed by atoms with Gasteiger partial charge in [-0.2, -0.15) is 0 Å². The zero-order valence-corrected chi connectivity index (χ0v) is 14.1. The summed E-state index contributed by atoms with van der Waals surface area (Å²) in [7, 11) is -0.228. The number of carbonyl (C=O) groups is 2. The molecule has 0 aliphatic rings. The third kappa shape index (κ3) is 7.20. The Kier molecular flexibility index (Phi) is 7.11. The Balaban J connectivity index is 4.51. The Labute approximate surface area is 117 Å². The molecule has 1 unspecified atom stereocenters. The number of alkyl carbamates (subject to hydrolysis) is 1. The topological polar surface area (TPSA) is 64.6 Å². The molecule has 0 heterocycles. The van der Waals surface area contributed by atoms with Crippen molar-refractivity contribution in [1.29, 1.82) is 0 Å². The highest BCUT2D eigenvalue weighted by Gasteiger charge is 2.28. The third-order valence-electron chi connectivity index (χ3n) is 2.99. The first-order valence-corrected chi connectivity index (χ1v) is 10.2. The molecule has 2 atom stereocenters. The molecule has 112 valence electrons. The van der Waals surface area contributed by atoms with Gasteiger partial charge >= 0.3 is 12.1 Å². The lowest BCUT2D eigenvalue weighted by Gasteiger charge is -2.26. The van der Waals surface area contributed by atoms with Crippen molar-refractivity contribution in [2.45, 2.75) is 58.6 Å². The first-order chi connectivity index (χ1) is 8.57. The van der Waals surface area contributed by atoms with Crippen molar-refractivity contribution in [3.63, 3.8) is 0 Å². The number of methoxy groups -OCH3 is 1. The van der Waals surface area contributed by atoms with Crippen LogP contribution in [0.2, 0.25) is 19.6 Å². The Bertz CT molecular complexity index is 312. The molecule has 0 saturated heterocycles. The molecule has 0 saturated carbocycles. The quantitative estimate of drug-likeness (QED) is 0.603. The van der Waals surface area contributed by atoms with E-state index in [1.807, 2.05) is 20.8 Å². The summed E-state index contributed by atoms with van der Waals surface area (Å²) in [6.07, 6.45) is -0.0192. The number of amides is 1.